The molecule has 0 N–H and O–H groups in total. The molecule has 0 aliphatic carbocycles. The second-order valence-electron chi connectivity index (χ2n) is 7.03. The Bertz CT molecular complexity index is 932. The Kier molecular flexibility index (Phi) is 8.70. The Balaban J connectivity index is 2.55. The molecule has 2 aromatic carbocycles. The molecule has 2 rings (SSSR count). The normalized spacial score (nSPS) is 12.9. The third-order valence-electron chi connectivity index (χ3n) is 4.25. The van der Waals surface area contributed by atoms with Gasteiger partial charge < -0.3 is 4.74 Å². The van der Waals surface area contributed by atoms with Crippen molar-refractivity contribution in [3.8, 4) is 0 Å². The van der Waals surface area contributed by atoms with Gasteiger partial charge in [-0.2, -0.15) is 4.31 Å². The summed E-state index contributed by atoms with van der Waals surface area (Å²) in [5.41, 5.74) is 0.691. The van der Waals surface area contributed by atoms with Crippen LogP contribution in [0, 0.1) is 5.92 Å². The standard InChI is InChI=1S/C21H25BrClNO4S/c1-4-28-21(25)20(12-15(2)3)24(14-16-6-5-7-18(23)13-16)29(26,27)19-10-8-17(22)9-11-19/h5-11,13,15,20H,4,12,14H2,1-3H3/t20-/m0/s1. The highest BCUT2D eigenvalue weighted by Gasteiger charge is 2.37. The van der Waals surface area contributed by atoms with Crippen LogP contribution in [0.5, 0.6) is 0 Å². The molecule has 0 bridgehead atoms. The molecule has 5 nitrogen and oxygen atoms in total. The van der Waals surface area contributed by atoms with Crippen LogP contribution in [0.15, 0.2) is 57.9 Å². The van der Waals surface area contributed by atoms with E-state index in [2.05, 4.69) is 15.9 Å². The summed E-state index contributed by atoms with van der Waals surface area (Å²) in [6.07, 6.45) is 0.342. The molecule has 0 fully saturated rings. The molecule has 0 saturated heterocycles. The van der Waals surface area contributed by atoms with Crippen molar-refractivity contribution in [2.75, 3.05) is 6.61 Å². The van der Waals surface area contributed by atoms with Crippen molar-refractivity contribution < 1.29 is 17.9 Å². The highest BCUT2D eigenvalue weighted by Crippen LogP contribution is 2.27. The fourth-order valence-corrected chi connectivity index (χ4v) is 4.99. The van der Waals surface area contributed by atoms with E-state index >= 15 is 0 Å². The number of ether oxygens (including phenoxy) is 1. The second kappa shape index (κ2) is 10.6. The van der Waals surface area contributed by atoms with E-state index in [1.807, 2.05) is 13.8 Å². The van der Waals surface area contributed by atoms with Crippen LogP contribution < -0.4 is 0 Å². The fraction of sp³-hybridized carbons (Fsp3) is 0.381. The number of carbonyl (C=O) groups is 1. The number of halogens is 2. The second-order valence-corrected chi connectivity index (χ2v) is 10.3. The molecule has 29 heavy (non-hydrogen) atoms. The van der Waals surface area contributed by atoms with Crippen LogP contribution in [0.4, 0.5) is 0 Å². The molecule has 1 atom stereocenters. The molecule has 0 unspecified atom stereocenters. The first-order chi connectivity index (χ1) is 13.6. The maximum absolute atomic E-state index is 13.5. The Morgan fingerprint density at radius 2 is 1.83 bits per heavy atom. The molecule has 0 radical (unpaired) electrons. The van der Waals surface area contributed by atoms with Gasteiger partial charge in [-0.3, -0.25) is 4.79 Å². The lowest BCUT2D eigenvalue weighted by Crippen LogP contribution is -2.46. The number of carbonyl (C=O) groups excluding carboxylic acids is 1. The van der Waals surface area contributed by atoms with Gasteiger partial charge in [0.25, 0.3) is 0 Å². The minimum absolute atomic E-state index is 0.00909. The molecule has 0 aliphatic heterocycles. The van der Waals surface area contributed by atoms with E-state index in [9.17, 15) is 13.2 Å². The zero-order valence-electron chi connectivity index (χ0n) is 16.6. The first-order valence-electron chi connectivity index (χ1n) is 9.33. The van der Waals surface area contributed by atoms with Crippen molar-refractivity contribution in [2.45, 2.75) is 44.7 Å². The molecule has 0 spiro atoms. The van der Waals surface area contributed by atoms with Gasteiger partial charge in [-0.05, 0) is 61.2 Å². The molecular formula is C21H25BrClNO4S. The predicted octanol–water partition coefficient (Wildman–Crippen LogP) is 5.27. The third-order valence-corrected chi connectivity index (χ3v) is 6.88. The maximum Gasteiger partial charge on any atom is 0.324 e. The predicted molar refractivity (Wildman–Crippen MR) is 118 cm³/mol. The van der Waals surface area contributed by atoms with E-state index in [0.717, 1.165) is 4.47 Å². The molecule has 0 amide bonds. The molecule has 0 saturated carbocycles. The van der Waals surface area contributed by atoms with Gasteiger partial charge in [0.1, 0.15) is 6.04 Å². The highest BCUT2D eigenvalue weighted by atomic mass is 79.9. The molecule has 0 heterocycles. The van der Waals surface area contributed by atoms with Gasteiger partial charge in [0.05, 0.1) is 11.5 Å². The summed E-state index contributed by atoms with van der Waals surface area (Å²) < 4.78 is 34.3. The number of nitrogens with zero attached hydrogens (tertiary/aromatic N) is 1. The van der Waals surface area contributed by atoms with Gasteiger partial charge in [0.2, 0.25) is 10.0 Å². The van der Waals surface area contributed by atoms with Crippen molar-refractivity contribution in [2.24, 2.45) is 5.92 Å². The number of sulfonamides is 1. The van der Waals surface area contributed by atoms with Gasteiger partial charge in [-0.25, -0.2) is 8.42 Å². The van der Waals surface area contributed by atoms with E-state index in [1.54, 1.807) is 43.3 Å². The Hall–Kier alpha value is -1.41. The molecule has 158 valence electrons. The van der Waals surface area contributed by atoms with Gasteiger partial charge in [0.15, 0.2) is 0 Å². The molecule has 0 aliphatic rings. The summed E-state index contributed by atoms with van der Waals surface area (Å²) in [4.78, 5) is 12.9. The van der Waals surface area contributed by atoms with Crippen molar-refractivity contribution in [3.05, 3.63) is 63.6 Å². The average molecular weight is 503 g/mol. The number of rotatable bonds is 9. The fourth-order valence-electron chi connectivity index (χ4n) is 2.94. The molecule has 0 aromatic heterocycles. The molecule has 8 heteroatoms. The topological polar surface area (TPSA) is 63.7 Å². The van der Waals surface area contributed by atoms with E-state index < -0.39 is 22.0 Å². The van der Waals surface area contributed by atoms with E-state index in [1.165, 1.54) is 16.4 Å². The van der Waals surface area contributed by atoms with Crippen LogP contribution in [-0.2, 0) is 26.1 Å². The lowest BCUT2D eigenvalue weighted by Gasteiger charge is -2.30. The third kappa shape index (κ3) is 6.54. The zero-order chi connectivity index (χ0) is 21.6. The van der Waals surface area contributed by atoms with Gasteiger partial charge >= 0.3 is 5.97 Å². The lowest BCUT2D eigenvalue weighted by molar-refractivity contribution is -0.148. The highest BCUT2D eigenvalue weighted by molar-refractivity contribution is 9.10. The van der Waals surface area contributed by atoms with E-state index in [-0.39, 0.29) is 24.0 Å². The summed E-state index contributed by atoms with van der Waals surface area (Å²) in [6, 6.07) is 12.4. The summed E-state index contributed by atoms with van der Waals surface area (Å²) in [5.74, 6) is -0.463. The molecule has 2 aromatic rings. The average Bonchev–Trinajstić information content (AvgIpc) is 2.65. The lowest BCUT2D eigenvalue weighted by atomic mass is 10.0. The monoisotopic (exact) mass is 501 g/mol. The Morgan fingerprint density at radius 1 is 1.17 bits per heavy atom. The van der Waals surface area contributed by atoms with Gasteiger partial charge in [-0.1, -0.05) is 53.5 Å². The van der Waals surface area contributed by atoms with Crippen molar-refractivity contribution in [1.29, 1.82) is 0 Å². The SMILES string of the molecule is CCOC(=O)[C@H](CC(C)C)N(Cc1cccc(Cl)c1)S(=O)(=O)c1ccc(Br)cc1. The Morgan fingerprint density at radius 3 is 2.38 bits per heavy atom. The van der Waals surface area contributed by atoms with Crippen LogP contribution in [0.1, 0.15) is 32.8 Å². The summed E-state index contributed by atoms with van der Waals surface area (Å²) in [5, 5.41) is 0.500. The van der Waals surface area contributed by atoms with Crippen LogP contribution >= 0.6 is 27.5 Å². The van der Waals surface area contributed by atoms with Crippen LogP contribution in [0.3, 0.4) is 0 Å². The van der Waals surface area contributed by atoms with Crippen molar-refractivity contribution in [3.63, 3.8) is 0 Å². The Labute approximate surface area is 186 Å². The minimum atomic E-state index is -3.97. The maximum atomic E-state index is 13.5. The number of esters is 1. The zero-order valence-corrected chi connectivity index (χ0v) is 19.8. The first-order valence-corrected chi connectivity index (χ1v) is 11.9. The summed E-state index contributed by atoms with van der Waals surface area (Å²) in [6.45, 7) is 5.77. The summed E-state index contributed by atoms with van der Waals surface area (Å²) >= 11 is 9.41. The number of hydrogen-bond donors (Lipinski definition) is 0. The smallest absolute Gasteiger partial charge is 0.324 e. The van der Waals surface area contributed by atoms with Crippen LogP contribution in [0.2, 0.25) is 5.02 Å². The number of hydrogen-bond acceptors (Lipinski definition) is 4. The van der Waals surface area contributed by atoms with Crippen LogP contribution in [0.25, 0.3) is 0 Å². The largest absolute Gasteiger partial charge is 0.465 e. The summed E-state index contributed by atoms with van der Waals surface area (Å²) in [7, 11) is -3.97. The molecular weight excluding hydrogens is 478 g/mol. The first kappa shape index (κ1) is 23.9. The quantitative estimate of drug-likeness (QED) is 0.438. The van der Waals surface area contributed by atoms with E-state index in [4.69, 9.17) is 16.3 Å². The van der Waals surface area contributed by atoms with E-state index in [0.29, 0.717) is 17.0 Å². The van der Waals surface area contributed by atoms with Crippen molar-refractivity contribution >= 4 is 43.5 Å². The number of benzene rings is 2. The van der Waals surface area contributed by atoms with Gasteiger partial charge in [0, 0.05) is 16.0 Å². The van der Waals surface area contributed by atoms with Crippen LogP contribution in [-0.4, -0.2) is 31.3 Å². The minimum Gasteiger partial charge on any atom is -0.465 e. The van der Waals surface area contributed by atoms with Gasteiger partial charge in [-0.15, -0.1) is 0 Å². The van der Waals surface area contributed by atoms with Crippen molar-refractivity contribution in [1.82, 2.24) is 4.31 Å².